The molecule has 24 heavy (non-hydrogen) atoms. The fraction of sp³-hybridized carbons (Fsp3) is 0.222. The Hall–Kier alpha value is -2.53. The van der Waals surface area contributed by atoms with E-state index in [1.165, 1.54) is 18.2 Å². The van der Waals surface area contributed by atoms with Crippen molar-refractivity contribution in [2.24, 2.45) is 5.92 Å². The first-order chi connectivity index (χ1) is 11.4. The lowest BCUT2D eigenvalue weighted by atomic mass is 10.1. The average molecular weight is 345 g/mol. The van der Waals surface area contributed by atoms with Gasteiger partial charge in [0.2, 0.25) is 11.8 Å². The number of phenols is 1. The highest BCUT2D eigenvalue weighted by atomic mass is 35.5. The Morgan fingerprint density at radius 2 is 1.96 bits per heavy atom. The molecule has 3 rings (SSSR count). The Labute approximate surface area is 144 Å². The predicted molar refractivity (Wildman–Crippen MR) is 93.4 cm³/mol. The van der Waals surface area contributed by atoms with Gasteiger partial charge in [0.15, 0.2) is 0 Å². The van der Waals surface area contributed by atoms with Crippen LogP contribution in [0.2, 0.25) is 5.02 Å². The minimum absolute atomic E-state index is 0.0625. The summed E-state index contributed by atoms with van der Waals surface area (Å²) in [5.74, 6) is -0.936. The van der Waals surface area contributed by atoms with Crippen LogP contribution < -0.4 is 10.2 Å². The van der Waals surface area contributed by atoms with E-state index in [9.17, 15) is 14.7 Å². The molecule has 1 aliphatic heterocycles. The SMILES string of the molecule is Cc1ccc(N2CC(C(=O)Nc3cc(Cl)ccc3O)CC2=O)cc1. The summed E-state index contributed by atoms with van der Waals surface area (Å²) in [5, 5.41) is 12.8. The lowest BCUT2D eigenvalue weighted by Crippen LogP contribution is -2.28. The van der Waals surface area contributed by atoms with Crippen molar-refractivity contribution < 1.29 is 14.7 Å². The number of hydrogen-bond donors (Lipinski definition) is 2. The Balaban J connectivity index is 1.72. The van der Waals surface area contributed by atoms with E-state index in [0.29, 0.717) is 11.6 Å². The van der Waals surface area contributed by atoms with Gasteiger partial charge in [-0.25, -0.2) is 0 Å². The number of hydrogen-bond acceptors (Lipinski definition) is 3. The molecule has 1 fully saturated rings. The van der Waals surface area contributed by atoms with Crippen LogP contribution in [0.25, 0.3) is 0 Å². The summed E-state index contributed by atoms with van der Waals surface area (Å²) >= 11 is 5.87. The third kappa shape index (κ3) is 3.36. The molecule has 124 valence electrons. The van der Waals surface area contributed by atoms with Crippen LogP contribution in [0.1, 0.15) is 12.0 Å². The Bertz CT molecular complexity index is 789. The van der Waals surface area contributed by atoms with Gasteiger partial charge >= 0.3 is 0 Å². The van der Waals surface area contributed by atoms with Gasteiger partial charge in [0.1, 0.15) is 5.75 Å². The summed E-state index contributed by atoms with van der Waals surface area (Å²) < 4.78 is 0. The number of amides is 2. The lowest BCUT2D eigenvalue weighted by Gasteiger charge is -2.17. The molecule has 0 aromatic heterocycles. The van der Waals surface area contributed by atoms with Gasteiger partial charge in [0.05, 0.1) is 11.6 Å². The molecule has 6 heteroatoms. The number of benzene rings is 2. The zero-order valence-corrected chi connectivity index (χ0v) is 13.9. The van der Waals surface area contributed by atoms with Gasteiger partial charge in [0.25, 0.3) is 0 Å². The average Bonchev–Trinajstić information content (AvgIpc) is 2.94. The third-order valence-electron chi connectivity index (χ3n) is 4.06. The van der Waals surface area contributed by atoms with Crippen LogP contribution in [-0.2, 0) is 9.59 Å². The molecule has 0 radical (unpaired) electrons. The molecule has 1 aliphatic rings. The van der Waals surface area contributed by atoms with Gasteiger partial charge in [-0.3, -0.25) is 9.59 Å². The topological polar surface area (TPSA) is 69.6 Å². The number of aryl methyl sites for hydroxylation is 1. The fourth-order valence-corrected chi connectivity index (χ4v) is 2.87. The molecule has 0 saturated carbocycles. The maximum Gasteiger partial charge on any atom is 0.229 e. The van der Waals surface area contributed by atoms with Crippen molar-refractivity contribution in [2.45, 2.75) is 13.3 Å². The van der Waals surface area contributed by atoms with E-state index in [4.69, 9.17) is 11.6 Å². The van der Waals surface area contributed by atoms with Gasteiger partial charge in [-0.05, 0) is 37.3 Å². The van der Waals surface area contributed by atoms with Gasteiger partial charge in [-0.2, -0.15) is 0 Å². The van der Waals surface area contributed by atoms with Gasteiger partial charge < -0.3 is 15.3 Å². The third-order valence-corrected chi connectivity index (χ3v) is 4.29. The van der Waals surface area contributed by atoms with E-state index in [2.05, 4.69) is 5.32 Å². The van der Waals surface area contributed by atoms with Gasteiger partial charge in [-0.15, -0.1) is 0 Å². The molecule has 2 aromatic rings. The highest BCUT2D eigenvalue weighted by molar-refractivity contribution is 6.31. The maximum atomic E-state index is 12.4. The van der Waals surface area contributed by atoms with Gasteiger partial charge in [-0.1, -0.05) is 29.3 Å². The number of nitrogens with one attached hydrogen (secondary N) is 1. The molecule has 5 nitrogen and oxygen atoms in total. The molecule has 1 heterocycles. The maximum absolute atomic E-state index is 12.4. The number of nitrogens with zero attached hydrogens (tertiary/aromatic N) is 1. The summed E-state index contributed by atoms with van der Waals surface area (Å²) in [4.78, 5) is 26.2. The molecular formula is C18H17ClN2O3. The molecule has 2 amide bonds. The highest BCUT2D eigenvalue weighted by Crippen LogP contribution is 2.29. The summed E-state index contributed by atoms with van der Waals surface area (Å²) in [6.45, 7) is 2.29. The summed E-state index contributed by atoms with van der Waals surface area (Å²) in [7, 11) is 0. The predicted octanol–water partition coefficient (Wildman–Crippen LogP) is 3.35. The van der Waals surface area contributed by atoms with Crippen LogP contribution in [0.4, 0.5) is 11.4 Å². The molecule has 2 N–H and O–H groups in total. The van der Waals surface area contributed by atoms with Crippen LogP contribution >= 0.6 is 11.6 Å². The number of anilines is 2. The molecule has 1 atom stereocenters. The number of aromatic hydroxyl groups is 1. The van der Waals surface area contributed by atoms with Crippen LogP contribution in [0.5, 0.6) is 5.75 Å². The second-order valence-corrected chi connectivity index (χ2v) is 6.33. The van der Waals surface area contributed by atoms with Crippen LogP contribution in [0, 0.1) is 12.8 Å². The van der Waals surface area contributed by atoms with E-state index < -0.39 is 5.92 Å². The Morgan fingerprint density at radius 1 is 1.25 bits per heavy atom. The van der Waals surface area contributed by atoms with Crippen LogP contribution in [0.15, 0.2) is 42.5 Å². The van der Waals surface area contributed by atoms with Crippen molar-refractivity contribution in [1.29, 1.82) is 0 Å². The molecule has 1 saturated heterocycles. The zero-order valence-electron chi connectivity index (χ0n) is 13.1. The quantitative estimate of drug-likeness (QED) is 0.839. The van der Waals surface area contributed by atoms with E-state index in [0.717, 1.165) is 11.3 Å². The Morgan fingerprint density at radius 3 is 2.67 bits per heavy atom. The van der Waals surface area contributed by atoms with E-state index in [1.807, 2.05) is 31.2 Å². The van der Waals surface area contributed by atoms with Crippen LogP contribution in [0.3, 0.4) is 0 Å². The number of rotatable bonds is 3. The first-order valence-corrected chi connectivity index (χ1v) is 7.98. The zero-order chi connectivity index (χ0) is 17.3. The minimum atomic E-state index is -0.475. The smallest absolute Gasteiger partial charge is 0.229 e. The largest absolute Gasteiger partial charge is 0.506 e. The normalized spacial score (nSPS) is 17.2. The minimum Gasteiger partial charge on any atom is -0.506 e. The number of carbonyl (C=O) groups is 2. The molecular weight excluding hydrogens is 328 g/mol. The van der Waals surface area contributed by atoms with Gasteiger partial charge in [0, 0.05) is 23.7 Å². The molecule has 1 unspecified atom stereocenters. The summed E-state index contributed by atoms with van der Waals surface area (Å²) in [5.41, 5.74) is 2.14. The molecule has 0 bridgehead atoms. The van der Waals surface area contributed by atoms with E-state index in [-0.39, 0.29) is 29.7 Å². The first kappa shape index (κ1) is 16.3. The van der Waals surface area contributed by atoms with E-state index in [1.54, 1.807) is 4.90 Å². The molecule has 2 aromatic carbocycles. The monoisotopic (exact) mass is 344 g/mol. The molecule has 0 aliphatic carbocycles. The Kier molecular flexibility index (Phi) is 4.44. The lowest BCUT2D eigenvalue weighted by molar-refractivity contribution is -0.122. The van der Waals surface area contributed by atoms with Crippen molar-refractivity contribution >= 4 is 34.8 Å². The van der Waals surface area contributed by atoms with E-state index >= 15 is 0 Å². The second-order valence-electron chi connectivity index (χ2n) is 5.89. The fourth-order valence-electron chi connectivity index (χ4n) is 2.70. The highest BCUT2D eigenvalue weighted by Gasteiger charge is 2.35. The van der Waals surface area contributed by atoms with Crippen LogP contribution in [-0.4, -0.2) is 23.5 Å². The standard InChI is InChI=1S/C18H17ClN2O3/c1-11-2-5-14(6-3-11)21-10-12(8-17(21)23)18(24)20-15-9-13(19)4-7-16(15)22/h2-7,9,12,22H,8,10H2,1H3,(H,20,24). The van der Waals surface area contributed by atoms with Crippen molar-refractivity contribution in [3.63, 3.8) is 0 Å². The van der Waals surface area contributed by atoms with Crippen molar-refractivity contribution in [1.82, 2.24) is 0 Å². The summed E-state index contributed by atoms with van der Waals surface area (Å²) in [6.07, 6.45) is 0.140. The second kappa shape index (κ2) is 6.53. The van der Waals surface area contributed by atoms with Crippen molar-refractivity contribution in [3.05, 3.63) is 53.1 Å². The number of carbonyl (C=O) groups excluding carboxylic acids is 2. The van der Waals surface area contributed by atoms with Crippen molar-refractivity contribution in [2.75, 3.05) is 16.8 Å². The first-order valence-electron chi connectivity index (χ1n) is 7.60. The number of halogens is 1. The molecule has 0 spiro atoms. The van der Waals surface area contributed by atoms with Crippen molar-refractivity contribution in [3.8, 4) is 5.75 Å². The number of phenolic OH excluding ortho intramolecular Hbond substituents is 1. The summed E-state index contributed by atoms with van der Waals surface area (Å²) in [6, 6.07) is 12.0.